The lowest BCUT2D eigenvalue weighted by Crippen LogP contribution is -2.30. The number of benzene rings is 2. The summed E-state index contributed by atoms with van der Waals surface area (Å²) < 4.78 is 9.85. The Labute approximate surface area is 145 Å². The minimum Gasteiger partial charge on any atom is -0.466 e. The van der Waals surface area contributed by atoms with E-state index in [2.05, 4.69) is 5.32 Å². The fourth-order valence-corrected chi connectivity index (χ4v) is 2.08. The molecule has 2 aromatic carbocycles. The molecule has 25 heavy (non-hydrogen) atoms. The Morgan fingerprint density at radius 2 is 1.56 bits per heavy atom. The van der Waals surface area contributed by atoms with Gasteiger partial charge in [0.1, 0.15) is 6.61 Å². The van der Waals surface area contributed by atoms with E-state index < -0.39 is 12.0 Å². The van der Waals surface area contributed by atoms with Crippen LogP contribution in [0.2, 0.25) is 0 Å². The molecule has 0 fully saturated rings. The number of carbonyl (C=O) groups is 3. The third-order valence-electron chi connectivity index (χ3n) is 3.30. The van der Waals surface area contributed by atoms with Gasteiger partial charge >= 0.3 is 12.1 Å². The second-order valence-corrected chi connectivity index (χ2v) is 5.19. The summed E-state index contributed by atoms with van der Waals surface area (Å²) in [5, 5.41) is 2.16. The molecule has 0 heterocycles. The highest BCUT2D eigenvalue weighted by Crippen LogP contribution is 2.07. The quantitative estimate of drug-likeness (QED) is 0.817. The van der Waals surface area contributed by atoms with Crippen LogP contribution >= 0.6 is 0 Å². The van der Waals surface area contributed by atoms with Crippen LogP contribution in [0.5, 0.6) is 0 Å². The zero-order chi connectivity index (χ0) is 18.1. The average molecular weight is 341 g/mol. The molecule has 0 aliphatic carbocycles. The van der Waals surface area contributed by atoms with Crippen molar-refractivity contribution in [3.8, 4) is 0 Å². The van der Waals surface area contributed by atoms with Crippen molar-refractivity contribution >= 4 is 18.0 Å². The number of carbonyl (C=O) groups excluding carboxylic acids is 3. The van der Waals surface area contributed by atoms with Crippen molar-refractivity contribution in [2.24, 2.45) is 0 Å². The number of esters is 1. The Kier molecular flexibility index (Phi) is 6.71. The summed E-state index contributed by atoms with van der Waals surface area (Å²) in [7, 11) is 0. The Morgan fingerprint density at radius 3 is 2.20 bits per heavy atom. The first-order valence-electron chi connectivity index (χ1n) is 7.85. The average Bonchev–Trinajstić information content (AvgIpc) is 2.61. The normalized spacial score (nSPS) is 9.96. The largest absolute Gasteiger partial charge is 0.466 e. The fraction of sp³-hybridized carbons (Fsp3) is 0.211. The van der Waals surface area contributed by atoms with Gasteiger partial charge in [0.25, 0.3) is 5.91 Å². The lowest BCUT2D eigenvalue weighted by atomic mass is 10.1. The van der Waals surface area contributed by atoms with Gasteiger partial charge in [0.15, 0.2) is 0 Å². The first-order chi connectivity index (χ1) is 12.1. The molecule has 0 radical (unpaired) electrons. The molecule has 130 valence electrons. The predicted molar refractivity (Wildman–Crippen MR) is 90.9 cm³/mol. The van der Waals surface area contributed by atoms with Crippen molar-refractivity contribution in [3.05, 3.63) is 71.3 Å². The molecule has 1 N–H and O–H groups in total. The molecule has 0 atom stereocenters. The van der Waals surface area contributed by atoms with Crippen LogP contribution in [0, 0.1) is 0 Å². The number of ether oxygens (including phenoxy) is 2. The summed E-state index contributed by atoms with van der Waals surface area (Å²) in [5.41, 5.74) is 1.85. The van der Waals surface area contributed by atoms with Gasteiger partial charge in [0.2, 0.25) is 0 Å². The third kappa shape index (κ3) is 6.10. The highest BCUT2D eigenvalue weighted by Gasteiger charge is 2.12. The Balaban J connectivity index is 1.83. The number of imide groups is 1. The van der Waals surface area contributed by atoms with Crippen LogP contribution in [0.25, 0.3) is 0 Å². The molecule has 0 spiro atoms. The van der Waals surface area contributed by atoms with Gasteiger partial charge in [0.05, 0.1) is 13.0 Å². The number of rotatable bonds is 6. The minimum absolute atomic E-state index is 0.0818. The van der Waals surface area contributed by atoms with E-state index in [1.807, 2.05) is 30.3 Å². The van der Waals surface area contributed by atoms with E-state index in [9.17, 15) is 14.4 Å². The molecule has 0 aromatic heterocycles. The molecule has 0 aliphatic rings. The van der Waals surface area contributed by atoms with Crippen molar-refractivity contribution in [2.75, 3.05) is 6.61 Å². The summed E-state index contributed by atoms with van der Waals surface area (Å²) >= 11 is 0. The van der Waals surface area contributed by atoms with E-state index in [-0.39, 0.29) is 19.0 Å². The lowest BCUT2D eigenvalue weighted by molar-refractivity contribution is -0.142. The van der Waals surface area contributed by atoms with Crippen molar-refractivity contribution in [3.63, 3.8) is 0 Å². The molecule has 0 bridgehead atoms. The maximum Gasteiger partial charge on any atom is 0.414 e. The molecule has 0 aliphatic heterocycles. The number of amides is 2. The predicted octanol–water partition coefficient (Wildman–Crippen LogP) is 2.86. The molecule has 6 heteroatoms. The van der Waals surface area contributed by atoms with Crippen molar-refractivity contribution < 1.29 is 23.9 Å². The molecular formula is C19H19NO5. The Hall–Kier alpha value is -3.15. The van der Waals surface area contributed by atoms with Crippen LogP contribution in [-0.4, -0.2) is 24.6 Å². The zero-order valence-electron chi connectivity index (χ0n) is 13.9. The second-order valence-electron chi connectivity index (χ2n) is 5.19. The number of nitrogens with one attached hydrogen (secondary N) is 1. The van der Waals surface area contributed by atoms with Gasteiger partial charge in [-0.3, -0.25) is 14.9 Å². The van der Waals surface area contributed by atoms with E-state index in [1.54, 1.807) is 19.1 Å². The molecule has 0 unspecified atom stereocenters. The van der Waals surface area contributed by atoms with E-state index in [1.165, 1.54) is 12.1 Å². The standard InChI is InChI=1S/C19H19NO5/c1-2-24-17(21)12-14-8-10-16(11-9-14)18(22)20-19(23)25-13-15-6-4-3-5-7-15/h3-11H,2,12-13H2,1H3,(H,20,22,23). The molecule has 2 aromatic rings. The Bertz CT molecular complexity index is 725. The smallest absolute Gasteiger partial charge is 0.414 e. The zero-order valence-corrected chi connectivity index (χ0v) is 13.9. The molecule has 2 amide bonds. The van der Waals surface area contributed by atoms with Crippen molar-refractivity contribution in [2.45, 2.75) is 20.0 Å². The molecule has 0 saturated heterocycles. The van der Waals surface area contributed by atoms with E-state index in [0.717, 1.165) is 11.1 Å². The van der Waals surface area contributed by atoms with E-state index >= 15 is 0 Å². The maximum atomic E-state index is 12.0. The first kappa shape index (κ1) is 18.2. The Morgan fingerprint density at radius 1 is 0.880 bits per heavy atom. The van der Waals surface area contributed by atoms with Gasteiger partial charge in [-0.25, -0.2) is 4.79 Å². The lowest BCUT2D eigenvalue weighted by Gasteiger charge is -2.07. The topological polar surface area (TPSA) is 81.7 Å². The summed E-state index contributed by atoms with van der Waals surface area (Å²) in [6, 6.07) is 15.5. The van der Waals surface area contributed by atoms with Gasteiger partial charge in [-0.2, -0.15) is 0 Å². The fourth-order valence-electron chi connectivity index (χ4n) is 2.08. The SMILES string of the molecule is CCOC(=O)Cc1ccc(C(=O)NC(=O)OCc2ccccc2)cc1. The highest BCUT2D eigenvalue weighted by atomic mass is 16.5. The molecule has 2 rings (SSSR count). The number of hydrogen-bond acceptors (Lipinski definition) is 5. The summed E-state index contributed by atoms with van der Waals surface area (Å²) in [4.78, 5) is 35.1. The van der Waals surface area contributed by atoms with Crippen molar-refractivity contribution in [1.29, 1.82) is 0 Å². The number of alkyl carbamates (subject to hydrolysis) is 1. The molecular weight excluding hydrogens is 322 g/mol. The van der Waals surface area contributed by atoms with Gasteiger partial charge in [-0.1, -0.05) is 42.5 Å². The molecule has 6 nitrogen and oxygen atoms in total. The van der Waals surface area contributed by atoms with Gasteiger partial charge < -0.3 is 9.47 Å². The van der Waals surface area contributed by atoms with Crippen LogP contribution in [0.15, 0.2) is 54.6 Å². The summed E-state index contributed by atoms with van der Waals surface area (Å²) in [6.45, 7) is 2.14. The van der Waals surface area contributed by atoms with Crippen molar-refractivity contribution in [1.82, 2.24) is 5.32 Å². The monoisotopic (exact) mass is 341 g/mol. The summed E-state index contributed by atoms with van der Waals surface area (Å²) in [6.07, 6.45) is -0.682. The first-order valence-corrected chi connectivity index (χ1v) is 7.85. The van der Waals surface area contributed by atoms with Crippen LogP contribution in [-0.2, 0) is 27.3 Å². The maximum absolute atomic E-state index is 12.0. The molecule has 0 saturated carbocycles. The van der Waals surface area contributed by atoms with E-state index in [4.69, 9.17) is 9.47 Å². The van der Waals surface area contributed by atoms with Gasteiger partial charge in [0, 0.05) is 5.56 Å². The third-order valence-corrected chi connectivity index (χ3v) is 3.30. The highest BCUT2D eigenvalue weighted by molar-refractivity contribution is 6.02. The van der Waals surface area contributed by atoms with Gasteiger partial charge in [-0.05, 0) is 30.2 Å². The van der Waals surface area contributed by atoms with Gasteiger partial charge in [-0.15, -0.1) is 0 Å². The van der Waals surface area contributed by atoms with E-state index in [0.29, 0.717) is 12.2 Å². The minimum atomic E-state index is -0.815. The van der Waals surface area contributed by atoms with Crippen LogP contribution in [0.4, 0.5) is 4.79 Å². The number of hydrogen-bond donors (Lipinski definition) is 1. The summed E-state index contributed by atoms with van der Waals surface area (Å²) in [5.74, 6) is -0.898. The van der Waals surface area contributed by atoms with Crippen LogP contribution in [0.1, 0.15) is 28.4 Å². The second kappa shape index (κ2) is 9.22. The van der Waals surface area contributed by atoms with Crippen LogP contribution in [0.3, 0.4) is 0 Å². The van der Waals surface area contributed by atoms with Crippen LogP contribution < -0.4 is 5.32 Å².